The minimum Gasteiger partial charge on any atom is -0.457 e. The van der Waals surface area contributed by atoms with E-state index < -0.39 is 43.4 Å². The van der Waals surface area contributed by atoms with E-state index in [2.05, 4.69) is 74.6 Å². The molecule has 0 spiro atoms. The van der Waals surface area contributed by atoms with Crippen molar-refractivity contribution in [2.75, 3.05) is 26.4 Å². The van der Waals surface area contributed by atoms with Crippen LogP contribution in [0.5, 0.6) is 0 Å². The Bertz CT molecular complexity index is 1050. The van der Waals surface area contributed by atoms with Crippen LogP contribution in [-0.4, -0.2) is 89.6 Å². The Balaban J connectivity index is 2.19. The van der Waals surface area contributed by atoms with Crippen LogP contribution in [0.2, 0.25) is 0 Å². The molecule has 1 heterocycles. The summed E-state index contributed by atoms with van der Waals surface area (Å²) in [5.41, 5.74) is 0. The number of esters is 1. The van der Waals surface area contributed by atoms with Gasteiger partial charge in [-0.2, -0.15) is 0 Å². The highest BCUT2D eigenvalue weighted by Gasteiger charge is 2.44. The largest absolute Gasteiger partial charge is 0.457 e. The molecule has 0 aromatic heterocycles. The Morgan fingerprint density at radius 1 is 0.579 bits per heavy atom. The van der Waals surface area contributed by atoms with Gasteiger partial charge < -0.3 is 39.4 Å². The molecular weight excluding hydrogens is 721 g/mol. The van der Waals surface area contributed by atoms with Crippen molar-refractivity contribution in [1.29, 1.82) is 0 Å². The molecule has 0 amide bonds. The summed E-state index contributed by atoms with van der Waals surface area (Å²) in [5.74, 6) is -0.323. The van der Waals surface area contributed by atoms with Crippen LogP contribution < -0.4 is 0 Å². The number of aliphatic hydroxyl groups is 4. The van der Waals surface area contributed by atoms with Crippen molar-refractivity contribution in [3.05, 3.63) is 60.8 Å². The summed E-state index contributed by atoms with van der Waals surface area (Å²) in [5, 5.41) is 40.0. The molecule has 0 saturated carbocycles. The zero-order valence-corrected chi connectivity index (χ0v) is 36.1. The molecule has 9 nitrogen and oxygen atoms in total. The van der Waals surface area contributed by atoms with Gasteiger partial charge in [0.25, 0.3) is 0 Å². The van der Waals surface area contributed by atoms with E-state index in [0.29, 0.717) is 13.0 Å². The maximum absolute atomic E-state index is 12.8. The molecular formula is C48H84O9. The lowest BCUT2D eigenvalue weighted by Gasteiger charge is -2.39. The van der Waals surface area contributed by atoms with Crippen LogP contribution in [0.25, 0.3) is 0 Å². The Hall–Kier alpha value is -2.11. The third kappa shape index (κ3) is 30.6. The quantitative estimate of drug-likeness (QED) is 0.0273. The molecule has 9 heteroatoms. The first kappa shape index (κ1) is 52.9. The van der Waals surface area contributed by atoms with Gasteiger partial charge in [0.1, 0.15) is 30.5 Å². The molecule has 0 bridgehead atoms. The molecule has 57 heavy (non-hydrogen) atoms. The molecule has 1 aliphatic heterocycles. The van der Waals surface area contributed by atoms with Gasteiger partial charge in [-0.25, -0.2) is 0 Å². The van der Waals surface area contributed by atoms with E-state index in [1.807, 2.05) is 0 Å². The van der Waals surface area contributed by atoms with Crippen molar-refractivity contribution >= 4 is 5.97 Å². The summed E-state index contributed by atoms with van der Waals surface area (Å²) < 4.78 is 22.7. The van der Waals surface area contributed by atoms with Crippen LogP contribution >= 0.6 is 0 Å². The molecule has 0 aromatic carbocycles. The number of carbonyl (C=O) groups excluding carboxylic acids is 1. The number of hydrogen-bond acceptors (Lipinski definition) is 9. The van der Waals surface area contributed by atoms with E-state index in [4.69, 9.17) is 18.9 Å². The molecule has 6 unspecified atom stereocenters. The third-order valence-corrected chi connectivity index (χ3v) is 10.2. The highest BCUT2D eigenvalue weighted by atomic mass is 16.7. The van der Waals surface area contributed by atoms with E-state index >= 15 is 0 Å². The summed E-state index contributed by atoms with van der Waals surface area (Å²) in [6, 6.07) is 0. The van der Waals surface area contributed by atoms with Crippen LogP contribution in [0, 0.1) is 0 Å². The molecule has 330 valence electrons. The second-order valence-electron chi connectivity index (χ2n) is 15.5. The fourth-order valence-corrected chi connectivity index (χ4v) is 6.64. The molecule has 0 aliphatic carbocycles. The van der Waals surface area contributed by atoms with Gasteiger partial charge in [-0.1, -0.05) is 171 Å². The molecule has 1 fully saturated rings. The van der Waals surface area contributed by atoms with E-state index in [1.54, 1.807) is 0 Å². The molecule has 0 aromatic rings. The number of allylic oxidation sites excluding steroid dienone is 10. The Morgan fingerprint density at radius 3 is 1.61 bits per heavy atom. The first-order chi connectivity index (χ1) is 27.9. The average Bonchev–Trinajstić information content (AvgIpc) is 3.21. The fraction of sp³-hybridized carbons (Fsp3) is 0.771. The monoisotopic (exact) mass is 805 g/mol. The molecule has 6 atom stereocenters. The maximum Gasteiger partial charge on any atom is 0.306 e. The lowest BCUT2D eigenvalue weighted by atomic mass is 9.99. The molecule has 1 saturated heterocycles. The Morgan fingerprint density at radius 2 is 1.07 bits per heavy atom. The molecule has 0 radical (unpaired) electrons. The lowest BCUT2D eigenvalue weighted by Crippen LogP contribution is -2.59. The van der Waals surface area contributed by atoms with Crippen LogP contribution in [0.1, 0.15) is 174 Å². The van der Waals surface area contributed by atoms with Gasteiger partial charge >= 0.3 is 5.97 Å². The van der Waals surface area contributed by atoms with Gasteiger partial charge in [0.15, 0.2) is 6.29 Å². The topological polar surface area (TPSA) is 135 Å². The predicted molar refractivity (Wildman–Crippen MR) is 233 cm³/mol. The SMILES string of the molecule is CC/C=C\C/C=C\C/C=C\C/C=C\C/C=C\CCCCCCCCCCCC(=O)OC(COCCCCCCCCCCC)COC1OC(CO)C(O)C(O)C1O. The zero-order valence-electron chi connectivity index (χ0n) is 36.1. The van der Waals surface area contributed by atoms with E-state index in [0.717, 1.165) is 70.6 Å². The van der Waals surface area contributed by atoms with Crippen molar-refractivity contribution in [2.45, 2.75) is 211 Å². The fourth-order valence-electron chi connectivity index (χ4n) is 6.64. The van der Waals surface area contributed by atoms with Gasteiger partial charge in [-0.05, 0) is 57.8 Å². The van der Waals surface area contributed by atoms with Crippen LogP contribution in [-0.2, 0) is 23.7 Å². The van der Waals surface area contributed by atoms with Gasteiger partial charge in [0.05, 0.1) is 19.8 Å². The summed E-state index contributed by atoms with van der Waals surface area (Å²) in [6.45, 7) is 4.42. The van der Waals surface area contributed by atoms with Crippen molar-refractivity contribution in [3.63, 3.8) is 0 Å². The first-order valence-corrected chi connectivity index (χ1v) is 22.9. The zero-order chi connectivity index (χ0) is 41.4. The van der Waals surface area contributed by atoms with E-state index in [9.17, 15) is 25.2 Å². The number of ether oxygens (including phenoxy) is 4. The van der Waals surface area contributed by atoms with Crippen LogP contribution in [0.4, 0.5) is 0 Å². The molecule has 1 aliphatic rings. The molecule has 1 rings (SSSR count). The number of aliphatic hydroxyl groups excluding tert-OH is 4. The van der Waals surface area contributed by atoms with E-state index in [-0.39, 0.29) is 19.2 Å². The Kier molecular flexibility index (Phi) is 36.5. The predicted octanol–water partition coefficient (Wildman–Crippen LogP) is 10.3. The van der Waals surface area contributed by atoms with Crippen molar-refractivity contribution in [2.24, 2.45) is 0 Å². The maximum atomic E-state index is 12.8. The minimum absolute atomic E-state index is 0.117. The van der Waals surface area contributed by atoms with E-state index in [1.165, 1.54) is 83.5 Å². The van der Waals surface area contributed by atoms with Gasteiger partial charge in [-0.3, -0.25) is 4.79 Å². The molecule has 4 N–H and O–H groups in total. The third-order valence-electron chi connectivity index (χ3n) is 10.2. The summed E-state index contributed by atoms with van der Waals surface area (Å²) >= 11 is 0. The summed E-state index contributed by atoms with van der Waals surface area (Å²) in [4.78, 5) is 12.8. The Labute approximate surface area is 347 Å². The number of hydrogen-bond donors (Lipinski definition) is 4. The van der Waals surface area contributed by atoms with Gasteiger partial charge in [0.2, 0.25) is 0 Å². The smallest absolute Gasteiger partial charge is 0.306 e. The number of carbonyl (C=O) groups is 1. The van der Waals surface area contributed by atoms with Crippen molar-refractivity contribution in [3.8, 4) is 0 Å². The normalized spacial score (nSPS) is 21.0. The van der Waals surface area contributed by atoms with Crippen molar-refractivity contribution in [1.82, 2.24) is 0 Å². The standard InChI is InChI=1S/C48H84O9/c1-3-5-7-9-11-13-14-15-16-17-18-19-20-21-22-23-24-25-26-27-28-29-31-33-35-37-44(50)56-42(40-54-38-36-34-32-30-12-10-8-6-4-2)41-55-48-47(53)46(52)45(51)43(39-49)57-48/h5,7,11,13,15-16,18-19,21-22,42-43,45-49,51-53H,3-4,6,8-10,12,14,17,20,23-41H2,1-2H3/b7-5-,13-11-,16-15-,19-18-,22-21-. The van der Waals surface area contributed by atoms with Crippen LogP contribution in [0.15, 0.2) is 60.8 Å². The first-order valence-electron chi connectivity index (χ1n) is 22.9. The highest BCUT2D eigenvalue weighted by Crippen LogP contribution is 2.22. The number of rotatable bonds is 38. The second kappa shape index (κ2) is 39.4. The summed E-state index contributed by atoms with van der Waals surface area (Å²) in [6.07, 6.45) is 42.5. The average molecular weight is 805 g/mol. The lowest BCUT2D eigenvalue weighted by molar-refractivity contribution is -0.305. The van der Waals surface area contributed by atoms with Crippen LogP contribution in [0.3, 0.4) is 0 Å². The summed E-state index contributed by atoms with van der Waals surface area (Å²) in [7, 11) is 0. The van der Waals surface area contributed by atoms with Gasteiger partial charge in [-0.15, -0.1) is 0 Å². The van der Waals surface area contributed by atoms with Crippen molar-refractivity contribution < 1.29 is 44.2 Å². The van der Waals surface area contributed by atoms with Gasteiger partial charge in [0, 0.05) is 13.0 Å². The minimum atomic E-state index is -1.54. The number of unbranched alkanes of at least 4 members (excludes halogenated alkanes) is 17. The second-order valence-corrected chi connectivity index (χ2v) is 15.5. The highest BCUT2D eigenvalue weighted by molar-refractivity contribution is 5.69.